The number of aliphatic hydroxyl groups excluding tert-OH is 1. The van der Waals surface area contributed by atoms with Crippen LogP contribution in [0.1, 0.15) is 48.5 Å². The largest absolute Gasteiger partial charge is 0.385 e. The van der Waals surface area contributed by atoms with E-state index in [1.165, 1.54) is 0 Å². The Morgan fingerprint density at radius 3 is 2.80 bits per heavy atom. The van der Waals surface area contributed by atoms with Crippen molar-refractivity contribution in [2.45, 2.75) is 32.3 Å². The third-order valence-corrected chi connectivity index (χ3v) is 4.66. The van der Waals surface area contributed by atoms with Crippen molar-refractivity contribution < 1.29 is 9.90 Å². The first-order valence-electron chi connectivity index (χ1n) is 8.85. The second-order valence-electron chi connectivity index (χ2n) is 6.40. The van der Waals surface area contributed by atoms with Gasteiger partial charge < -0.3 is 20.3 Å². The molecule has 0 radical (unpaired) electrons. The Balaban J connectivity index is 1.55. The number of pyridine rings is 1. The summed E-state index contributed by atoms with van der Waals surface area (Å²) in [6.45, 7) is 4.35. The van der Waals surface area contributed by atoms with Crippen molar-refractivity contribution in [3.8, 4) is 0 Å². The average molecular weight is 343 g/mol. The molecule has 0 aromatic carbocycles. The van der Waals surface area contributed by atoms with Crippen LogP contribution in [0.25, 0.3) is 0 Å². The Bertz CT molecular complexity index is 663. The summed E-state index contributed by atoms with van der Waals surface area (Å²) >= 11 is 0. The number of imidazole rings is 1. The molecule has 25 heavy (non-hydrogen) atoms. The van der Waals surface area contributed by atoms with Crippen LogP contribution in [0.5, 0.6) is 0 Å². The molecular formula is C18H25N5O2. The standard InChI is InChI=1S/C18H25N5O2/c1-2-7-21-18(25)14-3-4-15(22-12-14)23-10-5-13(6-11-23)16(24)17-19-8-9-20-17/h3-4,8-9,12-13,16,24H,2,5-7,10-11H2,1H3,(H,19,20)(H,21,25). The third kappa shape index (κ3) is 4.17. The van der Waals surface area contributed by atoms with Crippen LogP contribution in [0, 0.1) is 5.92 Å². The van der Waals surface area contributed by atoms with E-state index in [2.05, 4.69) is 25.2 Å². The summed E-state index contributed by atoms with van der Waals surface area (Å²) in [4.78, 5) is 25.7. The van der Waals surface area contributed by atoms with Gasteiger partial charge in [-0.05, 0) is 37.3 Å². The number of hydrogen-bond donors (Lipinski definition) is 3. The summed E-state index contributed by atoms with van der Waals surface area (Å²) in [6, 6.07) is 3.71. The van der Waals surface area contributed by atoms with Gasteiger partial charge in [-0.25, -0.2) is 9.97 Å². The lowest BCUT2D eigenvalue weighted by Gasteiger charge is -2.34. The van der Waals surface area contributed by atoms with Gasteiger partial charge >= 0.3 is 0 Å². The number of H-pyrrole nitrogens is 1. The molecule has 7 nitrogen and oxygen atoms in total. The van der Waals surface area contributed by atoms with Gasteiger partial charge in [-0.2, -0.15) is 0 Å². The summed E-state index contributed by atoms with van der Waals surface area (Å²) in [5.41, 5.74) is 0.584. The Hall–Kier alpha value is -2.41. The Morgan fingerprint density at radius 1 is 1.40 bits per heavy atom. The fourth-order valence-corrected chi connectivity index (χ4v) is 3.15. The van der Waals surface area contributed by atoms with Crippen LogP contribution in [-0.4, -0.2) is 45.6 Å². The Kier molecular flexibility index (Phi) is 5.65. The SMILES string of the molecule is CCCNC(=O)c1ccc(N2CCC(C(O)c3ncc[nH]3)CC2)nc1. The van der Waals surface area contributed by atoms with Crippen molar-refractivity contribution in [3.05, 3.63) is 42.1 Å². The molecular weight excluding hydrogens is 318 g/mol. The maximum Gasteiger partial charge on any atom is 0.252 e. The summed E-state index contributed by atoms with van der Waals surface area (Å²) in [5.74, 6) is 1.62. The maximum atomic E-state index is 11.9. The Labute approximate surface area is 147 Å². The van der Waals surface area contributed by atoms with Gasteiger partial charge in [0.1, 0.15) is 17.7 Å². The minimum Gasteiger partial charge on any atom is -0.385 e. The lowest BCUT2D eigenvalue weighted by molar-refractivity contribution is 0.0856. The van der Waals surface area contributed by atoms with Gasteiger partial charge in [-0.3, -0.25) is 4.79 Å². The molecule has 7 heteroatoms. The lowest BCUT2D eigenvalue weighted by Crippen LogP contribution is -2.36. The molecule has 1 unspecified atom stereocenters. The van der Waals surface area contributed by atoms with E-state index in [1.807, 2.05) is 19.1 Å². The Morgan fingerprint density at radius 2 is 2.20 bits per heavy atom. The molecule has 1 saturated heterocycles. The maximum absolute atomic E-state index is 11.9. The van der Waals surface area contributed by atoms with E-state index in [0.717, 1.165) is 38.2 Å². The number of piperidine rings is 1. The van der Waals surface area contributed by atoms with Gasteiger partial charge in [0.15, 0.2) is 0 Å². The van der Waals surface area contributed by atoms with E-state index in [1.54, 1.807) is 18.6 Å². The molecule has 0 aliphatic carbocycles. The summed E-state index contributed by atoms with van der Waals surface area (Å²) in [5, 5.41) is 13.2. The highest BCUT2D eigenvalue weighted by Gasteiger charge is 2.28. The number of nitrogens with zero attached hydrogens (tertiary/aromatic N) is 3. The first kappa shape index (κ1) is 17.4. The number of aromatic nitrogens is 3. The first-order valence-corrected chi connectivity index (χ1v) is 8.85. The van der Waals surface area contributed by atoms with Gasteiger partial charge in [0.05, 0.1) is 5.56 Å². The van der Waals surface area contributed by atoms with Crippen LogP contribution in [-0.2, 0) is 0 Å². The highest BCUT2D eigenvalue weighted by Crippen LogP contribution is 2.30. The molecule has 1 fully saturated rings. The minimum absolute atomic E-state index is 0.0822. The van der Waals surface area contributed by atoms with Crippen LogP contribution >= 0.6 is 0 Å². The van der Waals surface area contributed by atoms with Crippen LogP contribution < -0.4 is 10.2 Å². The number of carbonyl (C=O) groups excluding carboxylic acids is 1. The minimum atomic E-state index is -0.547. The average Bonchev–Trinajstić information content (AvgIpc) is 3.20. The molecule has 0 spiro atoms. The molecule has 1 atom stereocenters. The van der Waals surface area contributed by atoms with E-state index in [-0.39, 0.29) is 11.8 Å². The quantitative estimate of drug-likeness (QED) is 0.745. The van der Waals surface area contributed by atoms with E-state index in [4.69, 9.17) is 0 Å². The van der Waals surface area contributed by atoms with Crippen LogP contribution in [0.3, 0.4) is 0 Å². The van der Waals surface area contributed by atoms with Gasteiger partial charge in [0.25, 0.3) is 5.91 Å². The molecule has 3 heterocycles. The monoisotopic (exact) mass is 343 g/mol. The molecule has 2 aromatic rings. The van der Waals surface area contributed by atoms with Crippen molar-refractivity contribution in [2.75, 3.05) is 24.5 Å². The molecule has 1 amide bonds. The van der Waals surface area contributed by atoms with Gasteiger partial charge in [0, 0.05) is 38.2 Å². The molecule has 2 aromatic heterocycles. The van der Waals surface area contributed by atoms with Crippen molar-refractivity contribution >= 4 is 11.7 Å². The fraction of sp³-hybridized carbons (Fsp3) is 0.500. The molecule has 134 valence electrons. The molecule has 0 saturated carbocycles. The van der Waals surface area contributed by atoms with Crippen molar-refractivity contribution in [2.24, 2.45) is 5.92 Å². The number of amides is 1. The number of rotatable bonds is 6. The summed E-state index contributed by atoms with van der Waals surface area (Å²) < 4.78 is 0. The number of aromatic amines is 1. The van der Waals surface area contributed by atoms with E-state index < -0.39 is 6.10 Å². The van der Waals surface area contributed by atoms with E-state index >= 15 is 0 Å². The molecule has 3 rings (SSSR count). The lowest BCUT2D eigenvalue weighted by atomic mass is 9.91. The predicted octanol–water partition coefficient (Wildman–Crippen LogP) is 1.89. The van der Waals surface area contributed by atoms with Crippen LogP contribution in [0.4, 0.5) is 5.82 Å². The second-order valence-corrected chi connectivity index (χ2v) is 6.40. The van der Waals surface area contributed by atoms with Crippen LogP contribution in [0.15, 0.2) is 30.7 Å². The highest BCUT2D eigenvalue weighted by molar-refractivity contribution is 5.94. The van der Waals surface area contributed by atoms with E-state index in [9.17, 15) is 9.90 Å². The smallest absolute Gasteiger partial charge is 0.252 e. The molecule has 3 N–H and O–H groups in total. The number of nitrogens with one attached hydrogen (secondary N) is 2. The van der Waals surface area contributed by atoms with Crippen molar-refractivity contribution in [1.82, 2.24) is 20.3 Å². The van der Waals surface area contributed by atoms with Gasteiger partial charge in [0.2, 0.25) is 0 Å². The van der Waals surface area contributed by atoms with Gasteiger partial charge in [-0.15, -0.1) is 0 Å². The zero-order valence-corrected chi connectivity index (χ0v) is 14.5. The zero-order chi connectivity index (χ0) is 17.6. The van der Waals surface area contributed by atoms with Gasteiger partial charge in [-0.1, -0.05) is 6.92 Å². The topological polar surface area (TPSA) is 94.1 Å². The number of hydrogen-bond acceptors (Lipinski definition) is 5. The summed E-state index contributed by atoms with van der Waals surface area (Å²) in [6.07, 6.45) is 7.14. The van der Waals surface area contributed by atoms with Crippen molar-refractivity contribution in [3.63, 3.8) is 0 Å². The predicted molar refractivity (Wildman–Crippen MR) is 95.3 cm³/mol. The molecule has 0 bridgehead atoms. The normalized spacial score (nSPS) is 16.6. The fourth-order valence-electron chi connectivity index (χ4n) is 3.15. The number of anilines is 1. The third-order valence-electron chi connectivity index (χ3n) is 4.66. The molecule has 1 aliphatic rings. The second kappa shape index (κ2) is 8.11. The zero-order valence-electron chi connectivity index (χ0n) is 14.5. The first-order chi connectivity index (χ1) is 12.2. The highest BCUT2D eigenvalue weighted by atomic mass is 16.3. The summed E-state index contributed by atoms with van der Waals surface area (Å²) in [7, 11) is 0. The van der Waals surface area contributed by atoms with E-state index in [0.29, 0.717) is 17.9 Å². The van der Waals surface area contributed by atoms with Crippen LogP contribution in [0.2, 0.25) is 0 Å². The number of carbonyl (C=O) groups is 1. The van der Waals surface area contributed by atoms with Crippen molar-refractivity contribution in [1.29, 1.82) is 0 Å². The molecule has 1 aliphatic heterocycles. The number of aliphatic hydroxyl groups is 1.